The molecule has 3 rings (SSSR count). The number of alkyl carbamates (subject to hydrolysis) is 1. The second-order valence-corrected chi connectivity index (χ2v) is 12.1. The fourth-order valence-corrected chi connectivity index (χ4v) is 4.24. The van der Waals surface area contributed by atoms with Gasteiger partial charge in [-0.05, 0) is 108 Å². The smallest absolute Gasteiger partial charge is 0.437 e. The van der Waals surface area contributed by atoms with Crippen molar-refractivity contribution in [2.75, 3.05) is 18.4 Å². The van der Waals surface area contributed by atoms with Gasteiger partial charge in [-0.25, -0.2) is 9.59 Å². The number of carbonyl (C=O) groups is 4. The molecule has 0 bridgehead atoms. The Hall–Kier alpha value is -4.47. The van der Waals surface area contributed by atoms with Crippen molar-refractivity contribution >= 4 is 41.6 Å². The molecule has 2 aromatic rings. The summed E-state index contributed by atoms with van der Waals surface area (Å²) in [5.41, 5.74) is 3.80. The first kappa shape index (κ1) is 32.0. The molecule has 3 amide bonds. The third-order valence-electron chi connectivity index (χ3n) is 6.21. The Morgan fingerprint density at radius 2 is 1.57 bits per heavy atom. The molecule has 1 aliphatic heterocycles. The van der Waals surface area contributed by atoms with Gasteiger partial charge in [-0.15, -0.1) is 4.99 Å². The van der Waals surface area contributed by atoms with Crippen molar-refractivity contribution in [1.29, 1.82) is 0 Å². The molecule has 0 unspecified atom stereocenters. The standard InChI is InChI=1S/C32H40N4O6/c1-20-18-26(21(2)17-24(20)19-37)27(38)33-25-11-9-22(10-12-25)23-13-15-36(16-14-23)28(34-29(39)41-31(3,4)5)35-30(40)42-32(6,7)8/h9-13,17-19H,14-16H2,1-8H3,(H,33,38)(H,34,35,39,40). The second kappa shape index (κ2) is 13.0. The van der Waals surface area contributed by atoms with Gasteiger partial charge in [-0.3, -0.25) is 14.9 Å². The normalized spacial score (nSPS) is 14.0. The molecule has 0 saturated carbocycles. The monoisotopic (exact) mass is 576 g/mol. The van der Waals surface area contributed by atoms with E-state index in [9.17, 15) is 19.2 Å². The van der Waals surface area contributed by atoms with Crippen molar-refractivity contribution in [3.8, 4) is 0 Å². The van der Waals surface area contributed by atoms with Crippen molar-refractivity contribution in [2.45, 2.75) is 73.0 Å². The summed E-state index contributed by atoms with van der Waals surface area (Å²) in [7, 11) is 0. The van der Waals surface area contributed by atoms with E-state index in [-0.39, 0.29) is 11.9 Å². The van der Waals surface area contributed by atoms with E-state index in [0.717, 1.165) is 28.5 Å². The zero-order valence-electron chi connectivity index (χ0n) is 25.6. The maximum atomic E-state index is 12.9. The fourth-order valence-electron chi connectivity index (χ4n) is 4.24. The minimum Gasteiger partial charge on any atom is -0.444 e. The summed E-state index contributed by atoms with van der Waals surface area (Å²) in [6, 6.07) is 11.0. The molecule has 0 atom stereocenters. The molecule has 224 valence electrons. The molecule has 1 heterocycles. The van der Waals surface area contributed by atoms with Gasteiger partial charge in [0.1, 0.15) is 17.5 Å². The van der Waals surface area contributed by atoms with Crippen molar-refractivity contribution in [2.24, 2.45) is 4.99 Å². The molecular formula is C32H40N4O6. The van der Waals surface area contributed by atoms with Crippen LogP contribution in [0.1, 0.15) is 85.4 Å². The number of nitrogens with one attached hydrogen (secondary N) is 2. The highest BCUT2D eigenvalue weighted by Crippen LogP contribution is 2.25. The molecule has 2 aromatic carbocycles. The predicted octanol–water partition coefficient (Wildman–Crippen LogP) is 6.27. The van der Waals surface area contributed by atoms with Gasteiger partial charge in [0.05, 0.1) is 0 Å². The number of aldehydes is 1. The Morgan fingerprint density at radius 1 is 0.929 bits per heavy atom. The number of guanidine groups is 1. The van der Waals surface area contributed by atoms with Gasteiger partial charge in [0.15, 0.2) is 0 Å². The van der Waals surface area contributed by atoms with E-state index in [0.29, 0.717) is 36.3 Å². The molecule has 0 aromatic heterocycles. The lowest BCUT2D eigenvalue weighted by molar-refractivity contribution is 0.0554. The number of anilines is 1. The molecule has 1 aliphatic rings. The molecule has 0 radical (unpaired) electrons. The second-order valence-electron chi connectivity index (χ2n) is 12.1. The van der Waals surface area contributed by atoms with Crippen molar-refractivity contribution in [3.63, 3.8) is 0 Å². The van der Waals surface area contributed by atoms with Crippen molar-refractivity contribution in [1.82, 2.24) is 10.2 Å². The van der Waals surface area contributed by atoms with Crippen LogP contribution >= 0.6 is 0 Å². The van der Waals surface area contributed by atoms with Gasteiger partial charge >= 0.3 is 12.2 Å². The topological polar surface area (TPSA) is 126 Å². The number of hydrogen-bond acceptors (Lipinski definition) is 6. The third kappa shape index (κ3) is 9.29. The van der Waals surface area contributed by atoms with E-state index in [1.54, 1.807) is 72.4 Å². The summed E-state index contributed by atoms with van der Waals surface area (Å²) in [6.45, 7) is 14.9. The number of benzene rings is 2. The minimum atomic E-state index is -0.814. The summed E-state index contributed by atoms with van der Waals surface area (Å²) in [5, 5.41) is 5.51. The Balaban J connectivity index is 1.72. The van der Waals surface area contributed by atoms with Crippen LogP contribution in [-0.2, 0) is 9.47 Å². The zero-order chi connectivity index (χ0) is 31.2. The molecule has 0 fully saturated rings. The molecule has 2 N–H and O–H groups in total. The lowest BCUT2D eigenvalue weighted by atomic mass is 9.99. The highest BCUT2D eigenvalue weighted by atomic mass is 16.6. The number of hydrogen-bond donors (Lipinski definition) is 2. The Bertz CT molecular complexity index is 1410. The number of amides is 3. The number of aliphatic imine (C=N–C) groups is 1. The van der Waals surface area contributed by atoms with Gasteiger partial charge in [-0.1, -0.05) is 18.2 Å². The van der Waals surface area contributed by atoms with Gasteiger partial charge in [0.2, 0.25) is 5.96 Å². The molecular weight excluding hydrogens is 536 g/mol. The van der Waals surface area contributed by atoms with Crippen LogP contribution in [0.3, 0.4) is 0 Å². The first-order chi connectivity index (χ1) is 19.5. The van der Waals surface area contributed by atoms with Gasteiger partial charge in [-0.2, -0.15) is 0 Å². The first-order valence-corrected chi connectivity index (χ1v) is 13.8. The van der Waals surface area contributed by atoms with E-state index in [1.165, 1.54) is 0 Å². The lowest BCUT2D eigenvalue weighted by Gasteiger charge is -2.30. The highest BCUT2D eigenvalue weighted by Gasteiger charge is 2.25. The van der Waals surface area contributed by atoms with Crippen LogP contribution in [0.15, 0.2) is 47.5 Å². The lowest BCUT2D eigenvalue weighted by Crippen LogP contribution is -2.48. The summed E-state index contributed by atoms with van der Waals surface area (Å²) >= 11 is 0. The highest BCUT2D eigenvalue weighted by molar-refractivity contribution is 6.06. The molecule has 10 heteroatoms. The van der Waals surface area contributed by atoms with Crippen LogP contribution in [0.2, 0.25) is 0 Å². The maximum absolute atomic E-state index is 12.9. The first-order valence-electron chi connectivity index (χ1n) is 13.8. The summed E-state index contributed by atoms with van der Waals surface area (Å²) in [6.07, 6.45) is 1.87. The number of ether oxygens (including phenoxy) is 2. The summed E-state index contributed by atoms with van der Waals surface area (Å²) < 4.78 is 10.7. The third-order valence-corrected chi connectivity index (χ3v) is 6.21. The number of aryl methyl sites for hydroxylation is 2. The van der Waals surface area contributed by atoms with Crippen LogP contribution in [0, 0.1) is 13.8 Å². The molecule has 0 aliphatic carbocycles. The van der Waals surface area contributed by atoms with Crippen LogP contribution in [0.25, 0.3) is 5.57 Å². The van der Waals surface area contributed by atoms with Crippen LogP contribution in [-0.4, -0.2) is 59.5 Å². The van der Waals surface area contributed by atoms with E-state index in [1.807, 2.05) is 30.3 Å². The quantitative estimate of drug-likeness (QED) is 0.249. The number of nitrogens with zero attached hydrogens (tertiary/aromatic N) is 2. The number of rotatable bonds is 4. The Morgan fingerprint density at radius 3 is 2.12 bits per heavy atom. The average molecular weight is 577 g/mol. The van der Waals surface area contributed by atoms with Gasteiger partial charge in [0, 0.05) is 29.9 Å². The maximum Gasteiger partial charge on any atom is 0.437 e. The molecule has 42 heavy (non-hydrogen) atoms. The van der Waals surface area contributed by atoms with E-state index < -0.39 is 23.4 Å². The van der Waals surface area contributed by atoms with Crippen molar-refractivity contribution < 1.29 is 28.7 Å². The van der Waals surface area contributed by atoms with Gasteiger partial charge < -0.3 is 19.7 Å². The van der Waals surface area contributed by atoms with Crippen LogP contribution < -0.4 is 10.6 Å². The summed E-state index contributed by atoms with van der Waals surface area (Å²) in [5.74, 6) is -0.193. The van der Waals surface area contributed by atoms with E-state index in [2.05, 4.69) is 15.6 Å². The van der Waals surface area contributed by atoms with Crippen molar-refractivity contribution in [3.05, 3.63) is 70.3 Å². The minimum absolute atomic E-state index is 0.0542. The molecule has 0 spiro atoms. The van der Waals surface area contributed by atoms with E-state index >= 15 is 0 Å². The zero-order valence-corrected chi connectivity index (χ0v) is 25.6. The molecule has 0 saturated heterocycles. The Kier molecular flexibility index (Phi) is 9.93. The predicted molar refractivity (Wildman–Crippen MR) is 163 cm³/mol. The largest absolute Gasteiger partial charge is 0.444 e. The van der Waals surface area contributed by atoms with E-state index in [4.69, 9.17) is 9.47 Å². The van der Waals surface area contributed by atoms with Gasteiger partial charge in [0.25, 0.3) is 5.91 Å². The number of carbonyl (C=O) groups excluding carboxylic acids is 4. The van der Waals surface area contributed by atoms with Crippen LogP contribution in [0.5, 0.6) is 0 Å². The fraction of sp³-hybridized carbons (Fsp3) is 0.406. The average Bonchev–Trinajstić information content (AvgIpc) is 2.87. The Labute approximate surface area is 247 Å². The molecule has 10 nitrogen and oxygen atoms in total. The SMILES string of the molecule is Cc1cc(C(=O)Nc2ccc(C3=CCN(/C(=N\C(=O)OC(C)(C)C)NC(=O)OC(C)(C)C)CC3)cc2)c(C)cc1C=O. The van der Waals surface area contributed by atoms with Crippen LogP contribution in [0.4, 0.5) is 15.3 Å². The summed E-state index contributed by atoms with van der Waals surface area (Å²) in [4.78, 5) is 54.8.